The lowest BCUT2D eigenvalue weighted by Gasteiger charge is -2.38. The number of hydrogen-bond donors (Lipinski definition) is 1. The van der Waals surface area contributed by atoms with Gasteiger partial charge in [0.15, 0.2) is 0 Å². The topological polar surface area (TPSA) is 163 Å². The molecular formula is C32H39N11O4. The molecule has 1 aliphatic carbocycles. The van der Waals surface area contributed by atoms with Gasteiger partial charge in [0.2, 0.25) is 5.95 Å². The van der Waals surface area contributed by atoms with Crippen molar-refractivity contribution in [3.63, 3.8) is 0 Å². The van der Waals surface area contributed by atoms with E-state index < -0.39 is 0 Å². The predicted octanol–water partition coefficient (Wildman–Crippen LogP) is 3.25. The molecule has 0 radical (unpaired) electrons. The molecule has 2 saturated heterocycles. The lowest BCUT2D eigenvalue weighted by atomic mass is 9.90. The maximum absolute atomic E-state index is 9.66. The molecule has 0 bridgehead atoms. The summed E-state index contributed by atoms with van der Waals surface area (Å²) in [7, 11) is 0. The number of benzene rings is 1. The van der Waals surface area contributed by atoms with Gasteiger partial charge in [-0.1, -0.05) is 6.07 Å². The summed E-state index contributed by atoms with van der Waals surface area (Å²) in [5, 5.41) is 29.1. The molecule has 15 nitrogen and oxygen atoms in total. The first kappa shape index (κ1) is 31.0. The predicted molar refractivity (Wildman–Crippen MR) is 169 cm³/mol. The van der Waals surface area contributed by atoms with Gasteiger partial charge in [-0.3, -0.25) is 9.58 Å². The highest BCUT2D eigenvalue weighted by Crippen LogP contribution is 2.35. The van der Waals surface area contributed by atoms with Gasteiger partial charge in [0.1, 0.15) is 29.9 Å². The monoisotopic (exact) mass is 641 g/mol. The van der Waals surface area contributed by atoms with Crippen LogP contribution < -0.4 is 14.8 Å². The van der Waals surface area contributed by atoms with E-state index in [4.69, 9.17) is 24.0 Å². The van der Waals surface area contributed by atoms with Crippen molar-refractivity contribution in [3.05, 3.63) is 48.7 Å². The summed E-state index contributed by atoms with van der Waals surface area (Å²) < 4.78 is 26.8. The number of ether oxygens (including phenoxy) is 4. The Bertz CT molecular complexity index is 1640. The molecule has 5 heterocycles. The third-order valence-corrected chi connectivity index (χ3v) is 8.96. The molecule has 246 valence electrons. The molecule has 1 N–H and O–H groups in total. The number of aromatic nitrogens is 8. The van der Waals surface area contributed by atoms with Crippen molar-refractivity contribution in [1.82, 2.24) is 44.9 Å². The van der Waals surface area contributed by atoms with Crippen LogP contribution in [0.15, 0.2) is 43.1 Å². The van der Waals surface area contributed by atoms with Gasteiger partial charge in [-0.25, -0.2) is 14.6 Å². The number of rotatable bonds is 12. The van der Waals surface area contributed by atoms with Crippen LogP contribution in [-0.4, -0.2) is 103 Å². The Morgan fingerprint density at radius 2 is 1.83 bits per heavy atom. The lowest BCUT2D eigenvalue weighted by Crippen LogP contribution is -2.45. The number of nitrogens with one attached hydrogen (secondary N) is 1. The van der Waals surface area contributed by atoms with Gasteiger partial charge >= 0.3 is 0 Å². The van der Waals surface area contributed by atoms with E-state index in [1.165, 1.54) is 6.33 Å². The minimum absolute atomic E-state index is 0.266. The van der Waals surface area contributed by atoms with Crippen LogP contribution in [0.4, 0.5) is 11.6 Å². The van der Waals surface area contributed by atoms with Crippen LogP contribution in [0.3, 0.4) is 0 Å². The summed E-state index contributed by atoms with van der Waals surface area (Å²) >= 11 is 0. The fourth-order valence-corrected chi connectivity index (χ4v) is 6.30. The molecule has 47 heavy (non-hydrogen) atoms. The molecule has 3 aliphatic rings. The van der Waals surface area contributed by atoms with Gasteiger partial charge in [0.25, 0.3) is 5.88 Å². The molecule has 4 aromatic rings. The number of hydrogen-bond acceptors (Lipinski definition) is 13. The van der Waals surface area contributed by atoms with Gasteiger partial charge in [0, 0.05) is 43.0 Å². The number of tetrazole rings is 1. The largest absolute Gasteiger partial charge is 0.487 e. The maximum Gasteiger partial charge on any atom is 0.256 e. The van der Waals surface area contributed by atoms with Crippen LogP contribution >= 0.6 is 0 Å². The number of nitriles is 1. The first-order chi connectivity index (χ1) is 23.1. The third-order valence-electron chi connectivity index (χ3n) is 8.96. The highest BCUT2D eigenvalue weighted by molar-refractivity contribution is 5.67. The standard InChI is InChI=1S/C32H39N11O4/c1-22(16-42-21-36-39-40-42)47-30-12-24(2-3-25(30)13-33)26-14-34-32(35-15-26)37-29-17-43(38-31(29)46-20-23-18-45-19-23)28-6-4-27(5-7-28)41-8-10-44-11-9-41/h2-3,12,14-15,17,21-23,27-28H,4-11,16,18-20H2,1H3,(H,34,35,37)/t22-,27-,28-/m0/s1. The Labute approximate surface area is 272 Å². The highest BCUT2D eigenvalue weighted by Gasteiger charge is 2.29. The van der Waals surface area contributed by atoms with Crippen molar-refractivity contribution in [1.29, 1.82) is 5.26 Å². The van der Waals surface area contributed by atoms with Crippen molar-refractivity contribution < 1.29 is 18.9 Å². The Hall–Kier alpha value is -4.65. The summed E-state index contributed by atoms with van der Waals surface area (Å²) in [5.41, 5.74) is 2.78. The smallest absolute Gasteiger partial charge is 0.256 e. The van der Waals surface area contributed by atoms with Crippen LogP contribution in [0.1, 0.15) is 44.2 Å². The lowest BCUT2D eigenvalue weighted by molar-refractivity contribution is -0.0514. The van der Waals surface area contributed by atoms with E-state index in [1.54, 1.807) is 23.1 Å². The Morgan fingerprint density at radius 3 is 2.53 bits per heavy atom. The molecule has 2 aliphatic heterocycles. The summed E-state index contributed by atoms with van der Waals surface area (Å²) in [6, 6.07) is 8.55. The third kappa shape index (κ3) is 7.51. The summed E-state index contributed by atoms with van der Waals surface area (Å²) in [6.07, 6.45) is 11.2. The zero-order valence-corrected chi connectivity index (χ0v) is 26.4. The van der Waals surface area contributed by atoms with Crippen molar-refractivity contribution in [2.45, 2.75) is 57.3 Å². The number of morpholine rings is 1. The molecule has 0 spiro atoms. The summed E-state index contributed by atoms with van der Waals surface area (Å²) in [6.45, 7) is 8.01. The SMILES string of the molecule is C[C@@H](Cn1cnnn1)Oc1cc(-c2cnc(Nc3cn([C@H]4CC[C@H](N5CCOCC5)CC4)nc3OCC3COC3)nc2)ccc1C#N. The molecular weight excluding hydrogens is 602 g/mol. The molecule has 3 fully saturated rings. The van der Waals surface area contributed by atoms with Crippen molar-refractivity contribution in [2.24, 2.45) is 5.92 Å². The first-order valence-electron chi connectivity index (χ1n) is 16.2. The normalized spacial score (nSPS) is 21.0. The van der Waals surface area contributed by atoms with Crippen molar-refractivity contribution >= 4 is 11.6 Å². The zero-order valence-electron chi connectivity index (χ0n) is 26.4. The first-order valence-corrected chi connectivity index (χ1v) is 16.2. The summed E-state index contributed by atoms with van der Waals surface area (Å²) in [5.74, 6) is 1.82. The molecule has 0 amide bonds. The van der Waals surface area contributed by atoms with Crippen molar-refractivity contribution in [3.8, 4) is 28.8 Å². The molecule has 15 heteroatoms. The molecule has 7 rings (SSSR count). The van der Waals surface area contributed by atoms with E-state index >= 15 is 0 Å². The molecule has 0 unspecified atom stereocenters. The van der Waals surface area contributed by atoms with E-state index in [-0.39, 0.29) is 6.10 Å². The number of nitrogens with zero attached hydrogens (tertiary/aromatic N) is 10. The van der Waals surface area contributed by atoms with E-state index in [9.17, 15) is 5.26 Å². The van der Waals surface area contributed by atoms with Gasteiger partial charge < -0.3 is 24.3 Å². The fraction of sp³-hybridized carbons (Fsp3) is 0.531. The summed E-state index contributed by atoms with van der Waals surface area (Å²) in [4.78, 5) is 11.8. The van der Waals surface area contributed by atoms with Crippen LogP contribution in [0.2, 0.25) is 0 Å². The van der Waals surface area contributed by atoms with Crippen molar-refractivity contribution in [2.75, 3.05) is 51.4 Å². The highest BCUT2D eigenvalue weighted by atomic mass is 16.5. The Kier molecular flexibility index (Phi) is 9.50. The Balaban J connectivity index is 1.03. The van der Waals surface area contributed by atoms with E-state index in [0.717, 1.165) is 68.8 Å². The van der Waals surface area contributed by atoms with Gasteiger partial charge in [-0.05, 0) is 60.7 Å². The van der Waals surface area contributed by atoms with Crippen LogP contribution in [0, 0.1) is 17.2 Å². The van der Waals surface area contributed by atoms with Gasteiger partial charge in [-0.15, -0.1) is 10.2 Å². The molecule has 3 aromatic heterocycles. The van der Waals surface area contributed by atoms with Crippen LogP contribution in [0.5, 0.6) is 11.6 Å². The Morgan fingerprint density at radius 1 is 1.04 bits per heavy atom. The zero-order chi connectivity index (χ0) is 32.0. The quantitative estimate of drug-likeness (QED) is 0.240. The molecule has 1 atom stereocenters. The average molecular weight is 642 g/mol. The van der Waals surface area contributed by atoms with Crippen LogP contribution in [-0.2, 0) is 16.0 Å². The molecule has 1 aromatic carbocycles. The van der Waals surface area contributed by atoms with E-state index in [1.807, 2.05) is 25.3 Å². The minimum Gasteiger partial charge on any atom is -0.487 e. The maximum atomic E-state index is 9.66. The van der Waals surface area contributed by atoms with Gasteiger partial charge in [0.05, 0.1) is 57.4 Å². The van der Waals surface area contributed by atoms with E-state index in [2.05, 4.69) is 46.5 Å². The second-order valence-electron chi connectivity index (χ2n) is 12.4. The van der Waals surface area contributed by atoms with Crippen LogP contribution in [0.25, 0.3) is 11.1 Å². The van der Waals surface area contributed by atoms with Gasteiger partial charge in [-0.2, -0.15) is 5.26 Å². The number of anilines is 2. The minimum atomic E-state index is -0.266. The van der Waals surface area contributed by atoms with E-state index in [0.29, 0.717) is 67.5 Å². The average Bonchev–Trinajstić information content (AvgIpc) is 3.75. The molecule has 1 saturated carbocycles. The second kappa shape index (κ2) is 14.4. The second-order valence-corrected chi connectivity index (χ2v) is 12.4. The fourth-order valence-electron chi connectivity index (χ4n) is 6.30.